The molecule has 0 radical (unpaired) electrons. The molecule has 1 atom stereocenters. The Kier molecular flexibility index (Phi) is 2.18. The van der Waals surface area contributed by atoms with Gasteiger partial charge in [-0.25, -0.2) is 0 Å². The van der Waals surface area contributed by atoms with Crippen LogP contribution < -0.4 is 4.74 Å². The lowest BCUT2D eigenvalue weighted by Crippen LogP contribution is -2.24. The number of carboxylic acid groups (broad SMARTS) is 1. The van der Waals surface area contributed by atoms with Crippen LogP contribution in [0.1, 0.15) is 30.4 Å². The molecule has 1 heterocycles. The number of fused-ring (bicyclic) bond motifs is 1. The topological polar surface area (TPSA) is 46.5 Å². The smallest absolute Gasteiger partial charge is 0.309 e. The number of carbonyl (C=O) groups is 1. The molecule has 0 saturated heterocycles. The lowest BCUT2D eigenvalue weighted by atomic mass is 9.96. The summed E-state index contributed by atoms with van der Waals surface area (Å²) in [6.07, 6.45) is 3.16. The van der Waals surface area contributed by atoms with Crippen molar-refractivity contribution in [1.82, 2.24) is 0 Å². The van der Waals surface area contributed by atoms with Crippen LogP contribution in [0.5, 0.6) is 5.75 Å². The Morgan fingerprint density at radius 3 is 2.94 bits per heavy atom. The molecule has 0 bridgehead atoms. The first-order valence-electron chi connectivity index (χ1n) is 6.09. The van der Waals surface area contributed by atoms with Crippen LogP contribution in [0.25, 0.3) is 0 Å². The predicted molar refractivity (Wildman–Crippen MR) is 63.2 cm³/mol. The Morgan fingerprint density at radius 2 is 2.29 bits per heavy atom. The second-order valence-electron chi connectivity index (χ2n) is 5.34. The maximum Gasteiger partial charge on any atom is 0.309 e. The van der Waals surface area contributed by atoms with E-state index in [0.717, 1.165) is 25.0 Å². The number of hydrogen-bond donors (Lipinski definition) is 1. The van der Waals surface area contributed by atoms with Crippen LogP contribution in [-0.2, 0) is 11.2 Å². The standard InChI is InChI=1S/C14H16O3/c1-9-2-3-12-10(6-9)7-11(17-12)8-14(4-5-14)13(15)16/h2-3,6,11H,4-5,7-8H2,1H3,(H,15,16). The van der Waals surface area contributed by atoms with Gasteiger partial charge in [0.05, 0.1) is 5.41 Å². The highest BCUT2D eigenvalue weighted by atomic mass is 16.5. The molecular formula is C14H16O3. The third-order valence-electron chi connectivity index (χ3n) is 3.88. The number of carboxylic acids is 1. The number of rotatable bonds is 3. The third kappa shape index (κ3) is 1.79. The fourth-order valence-corrected chi connectivity index (χ4v) is 2.66. The van der Waals surface area contributed by atoms with Gasteiger partial charge in [0.1, 0.15) is 11.9 Å². The zero-order valence-corrected chi connectivity index (χ0v) is 9.90. The summed E-state index contributed by atoms with van der Waals surface area (Å²) in [7, 11) is 0. The highest BCUT2D eigenvalue weighted by Crippen LogP contribution is 2.51. The van der Waals surface area contributed by atoms with Crippen LogP contribution in [0.2, 0.25) is 0 Å². The van der Waals surface area contributed by atoms with Gasteiger partial charge in [-0.1, -0.05) is 17.7 Å². The SMILES string of the molecule is Cc1ccc2c(c1)CC(CC1(C(=O)O)CC1)O2. The molecule has 1 aliphatic carbocycles. The summed E-state index contributed by atoms with van der Waals surface area (Å²) >= 11 is 0. The second-order valence-corrected chi connectivity index (χ2v) is 5.34. The first-order valence-corrected chi connectivity index (χ1v) is 6.09. The molecule has 3 heteroatoms. The molecule has 0 aromatic heterocycles. The number of benzene rings is 1. The summed E-state index contributed by atoms with van der Waals surface area (Å²) in [5.41, 5.74) is 1.96. The number of aliphatic carboxylic acids is 1. The summed E-state index contributed by atoms with van der Waals surface area (Å²) in [6.45, 7) is 2.06. The Hall–Kier alpha value is -1.51. The summed E-state index contributed by atoms with van der Waals surface area (Å²) in [6, 6.07) is 6.16. The average molecular weight is 232 g/mol. The summed E-state index contributed by atoms with van der Waals surface area (Å²) in [5.74, 6) is 0.273. The van der Waals surface area contributed by atoms with Gasteiger partial charge in [0.25, 0.3) is 0 Å². The van der Waals surface area contributed by atoms with Crippen molar-refractivity contribution in [2.75, 3.05) is 0 Å². The van der Waals surface area contributed by atoms with Gasteiger partial charge in [-0.3, -0.25) is 4.79 Å². The monoisotopic (exact) mass is 232 g/mol. The Bertz CT molecular complexity index is 474. The van der Waals surface area contributed by atoms with Crippen LogP contribution in [-0.4, -0.2) is 17.2 Å². The van der Waals surface area contributed by atoms with Gasteiger partial charge in [-0.15, -0.1) is 0 Å². The van der Waals surface area contributed by atoms with Gasteiger partial charge in [-0.2, -0.15) is 0 Å². The van der Waals surface area contributed by atoms with Crippen molar-refractivity contribution < 1.29 is 14.6 Å². The maximum absolute atomic E-state index is 11.1. The van der Waals surface area contributed by atoms with Crippen LogP contribution in [0.4, 0.5) is 0 Å². The van der Waals surface area contributed by atoms with Crippen molar-refractivity contribution in [2.24, 2.45) is 5.41 Å². The molecule has 90 valence electrons. The fraction of sp³-hybridized carbons (Fsp3) is 0.500. The molecule has 1 fully saturated rings. The van der Waals surface area contributed by atoms with E-state index in [2.05, 4.69) is 13.0 Å². The van der Waals surface area contributed by atoms with Crippen LogP contribution in [0.3, 0.4) is 0 Å². The molecule has 0 amide bonds. The van der Waals surface area contributed by atoms with Crippen LogP contribution in [0, 0.1) is 12.3 Å². The van der Waals surface area contributed by atoms with Gasteiger partial charge < -0.3 is 9.84 Å². The number of hydrogen-bond acceptors (Lipinski definition) is 2. The first kappa shape index (κ1) is 10.6. The van der Waals surface area contributed by atoms with E-state index in [1.54, 1.807) is 0 Å². The van der Waals surface area contributed by atoms with Crippen LogP contribution >= 0.6 is 0 Å². The van der Waals surface area contributed by atoms with Crippen molar-refractivity contribution in [3.05, 3.63) is 29.3 Å². The first-order chi connectivity index (χ1) is 8.09. The van der Waals surface area contributed by atoms with E-state index < -0.39 is 11.4 Å². The normalized spacial score (nSPS) is 23.9. The van der Waals surface area contributed by atoms with E-state index in [-0.39, 0.29) is 6.10 Å². The Labute approximate surface area is 100 Å². The molecule has 0 spiro atoms. The van der Waals surface area contributed by atoms with Gasteiger partial charge in [0.15, 0.2) is 0 Å². The summed E-state index contributed by atoms with van der Waals surface area (Å²) in [4.78, 5) is 11.1. The molecule has 17 heavy (non-hydrogen) atoms. The fourth-order valence-electron chi connectivity index (χ4n) is 2.66. The van der Waals surface area contributed by atoms with Gasteiger partial charge in [0.2, 0.25) is 0 Å². The van der Waals surface area contributed by atoms with E-state index in [4.69, 9.17) is 9.84 Å². The lowest BCUT2D eigenvalue weighted by Gasteiger charge is -2.15. The lowest BCUT2D eigenvalue weighted by molar-refractivity contribution is -0.144. The Morgan fingerprint density at radius 1 is 1.53 bits per heavy atom. The molecule has 3 rings (SSSR count). The van der Waals surface area contributed by atoms with Crippen molar-refractivity contribution in [3.63, 3.8) is 0 Å². The van der Waals surface area contributed by atoms with Crippen molar-refractivity contribution in [1.29, 1.82) is 0 Å². The zero-order valence-electron chi connectivity index (χ0n) is 9.90. The molecule has 1 aliphatic heterocycles. The van der Waals surface area contributed by atoms with Gasteiger partial charge in [0, 0.05) is 12.8 Å². The van der Waals surface area contributed by atoms with Crippen molar-refractivity contribution in [2.45, 2.75) is 38.7 Å². The minimum absolute atomic E-state index is 0.0467. The molecule has 1 aromatic carbocycles. The molecule has 1 unspecified atom stereocenters. The molecule has 1 saturated carbocycles. The maximum atomic E-state index is 11.1. The largest absolute Gasteiger partial charge is 0.490 e. The number of aryl methyl sites for hydroxylation is 1. The highest BCUT2D eigenvalue weighted by molar-refractivity contribution is 5.77. The molecular weight excluding hydrogens is 216 g/mol. The third-order valence-corrected chi connectivity index (χ3v) is 3.88. The van der Waals surface area contributed by atoms with E-state index in [0.29, 0.717) is 6.42 Å². The van der Waals surface area contributed by atoms with E-state index in [9.17, 15) is 4.79 Å². The highest BCUT2D eigenvalue weighted by Gasteiger charge is 2.52. The van der Waals surface area contributed by atoms with E-state index in [1.807, 2.05) is 12.1 Å². The quantitative estimate of drug-likeness (QED) is 0.871. The zero-order chi connectivity index (χ0) is 12.0. The average Bonchev–Trinajstić information content (AvgIpc) is 2.93. The number of ether oxygens (including phenoxy) is 1. The molecule has 1 aromatic rings. The van der Waals surface area contributed by atoms with E-state index in [1.165, 1.54) is 11.1 Å². The van der Waals surface area contributed by atoms with Crippen molar-refractivity contribution in [3.8, 4) is 5.75 Å². The Balaban J connectivity index is 1.72. The summed E-state index contributed by atoms with van der Waals surface area (Å²) < 4.78 is 5.82. The van der Waals surface area contributed by atoms with Gasteiger partial charge >= 0.3 is 5.97 Å². The minimum Gasteiger partial charge on any atom is -0.490 e. The summed E-state index contributed by atoms with van der Waals surface area (Å²) in [5, 5.41) is 9.17. The van der Waals surface area contributed by atoms with Gasteiger partial charge in [-0.05, 0) is 31.4 Å². The molecule has 3 nitrogen and oxygen atoms in total. The van der Waals surface area contributed by atoms with E-state index >= 15 is 0 Å². The molecule has 2 aliphatic rings. The predicted octanol–water partition coefficient (Wildman–Crippen LogP) is 2.55. The molecule has 1 N–H and O–H groups in total. The van der Waals surface area contributed by atoms with Crippen LogP contribution in [0.15, 0.2) is 18.2 Å². The van der Waals surface area contributed by atoms with Crippen molar-refractivity contribution >= 4 is 5.97 Å². The second kappa shape index (κ2) is 3.49. The minimum atomic E-state index is -0.659.